The zero-order chi connectivity index (χ0) is 9.26. The first-order valence-corrected chi connectivity index (χ1v) is 5.09. The van der Waals surface area contributed by atoms with Crippen LogP contribution >= 0.6 is 11.8 Å². The fraction of sp³-hybridized carbons (Fsp3) is 0.111. The van der Waals surface area contributed by atoms with Crippen LogP contribution in [0.3, 0.4) is 0 Å². The Hall–Kier alpha value is -1.29. The molecule has 2 aromatic rings. The summed E-state index contributed by atoms with van der Waals surface area (Å²) in [7, 11) is 0. The lowest BCUT2D eigenvalue weighted by molar-refractivity contribution is 1.28. The summed E-state index contributed by atoms with van der Waals surface area (Å²) in [5.74, 6) is 0.577. The molecule has 0 bridgehead atoms. The molecule has 2 aromatic heterocycles. The fourth-order valence-electron chi connectivity index (χ4n) is 1.16. The van der Waals surface area contributed by atoms with Crippen LogP contribution in [0.4, 0.5) is 5.82 Å². The molecular formula is C9H9N3S. The van der Waals surface area contributed by atoms with E-state index in [1.54, 1.807) is 18.0 Å². The van der Waals surface area contributed by atoms with Gasteiger partial charge in [0.15, 0.2) is 0 Å². The van der Waals surface area contributed by atoms with Gasteiger partial charge in [-0.2, -0.15) is 0 Å². The van der Waals surface area contributed by atoms with Crippen LogP contribution in [0.25, 0.3) is 11.0 Å². The summed E-state index contributed by atoms with van der Waals surface area (Å²) in [6.07, 6.45) is 3.73. The minimum Gasteiger partial charge on any atom is -0.383 e. The zero-order valence-corrected chi connectivity index (χ0v) is 8.01. The molecule has 0 radical (unpaired) electrons. The van der Waals surface area contributed by atoms with Crippen molar-refractivity contribution in [2.75, 3.05) is 12.0 Å². The minimum atomic E-state index is 0.577. The smallest absolute Gasteiger partial charge is 0.137 e. The van der Waals surface area contributed by atoms with Gasteiger partial charge in [-0.3, -0.25) is 4.98 Å². The van der Waals surface area contributed by atoms with Crippen LogP contribution in [0.5, 0.6) is 0 Å². The van der Waals surface area contributed by atoms with E-state index in [4.69, 9.17) is 5.73 Å². The van der Waals surface area contributed by atoms with Gasteiger partial charge in [-0.15, -0.1) is 11.8 Å². The van der Waals surface area contributed by atoms with Crippen LogP contribution in [-0.4, -0.2) is 16.2 Å². The van der Waals surface area contributed by atoms with Crippen LogP contribution < -0.4 is 5.73 Å². The van der Waals surface area contributed by atoms with Gasteiger partial charge >= 0.3 is 0 Å². The Kier molecular flexibility index (Phi) is 2.06. The van der Waals surface area contributed by atoms with E-state index in [9.17, 15) is 0 Å². The molecule has 0 aliphatic rings. The standard InChI is InChI=1S/C9H9N3S/c1-13-8-5-7-6(12-9(8)10)3-2-4-11-7/h2-5H,1H3,(H2,10,12). The molecule has 0 aromatic carbocycles. The van der Waals surface area contributed by atoms with Crippen LogP contribution in [0.2, 0.25) is 0 Å². The molecule has 0 unspecified atom stereocenters. The van der Waals surface area contributed by atoms with Gasteiger partial charge in [-0.1, -0.05) is 0 Å². The Morgan fingerprint density at radius 3 is 3.00 bits per heavy atom. The second-order valence-corrected chi connectivity index (χ2v) is 3.47. The van der Waals surface area contributed by atoms with Crippen LogP contribution in [0.15, 0.2) is 29.3 Å². The van der Waals surface area contributed by atoms with Gasteiger partial charge in [0.25, 0.3) is 0 Å². The third kappa shape index (κ3) is 1.45. The largest absolute Gasteiger partial charge is 0.383 e. The number of rotatable bonds is 1. The molecule has 0 saturated heterocycles. The van der Waals surface area contributed by atoms with Gasteiger partial charge in [0.2, 0.25) is 0 Å². The van der Waals surface area contributed by atoms with E-state index in [1.165, 1.54) is 0 Å². The van der Waals surface area contributed by atoms with Gasteiger partial charge in [-0.05, 0) is 24.5 Å². The predicted octanol–water partition coefficient (Wildman–Crippen LogP) is 1.93. The first-order chi connectivity index (χ1) is 6.31. The Labute approximate surface area is 80.4 Å². The Bertz CT molecular complexity index is 442. The molecule has 4 heteroatoms. The van der Waals surface area contributed by atoms with Crippen molar-refractivity contribution >= 4 is 28.6 Å². The summed E-state index contributed by atoms with van der Waals surface area (Å²) in [6, 6.07) is 5.72. The van der Waals surface area contributed by atoms with Crippen molar-refractivity contribution in [1.82, 2.24) is 9.97 Å². The van der Waals surface area contributed by atoms with Crippen LogP contribution in [0, 0.1) is 0 Å². The SMILES string of the molecule is CSc1cc2ncccc2nc1N. The normalized spacial score (nSPS) is 10.5. The molecule has 2 rings (SSSR count). The highest BCUT2D eigenvalue weighted by Gasteiger charge is 2.02. The van der Waals surface area contributed by atoms with Gasteiger partial charge in [0.05, 0.1) is 15.9 Å². The number of nitrogen functional groups attached to an aromatic ring is 1. The monoisotopic (exact) mass is 191 g/mol. The van der Waals surface area contributed by atoms with Crippen molar-refractivity contribution in [3.63, 3.8) is 0 Å². The highest BCUT2D eigenvalue weighted by molar-refractivity contribution is 7.98. The van der Waals surface area contributed by atoms with E-state index >= 15 is 0 Å². The highest BCUT2D eigenvalue weighted by atomic mass is 32.2. The van der Waals surface area contributed by atoms with Crippen molar-refractivity contribution in [3.05, 3.63) is 24.4 Å². The third-order valence-corrected chi connectivity index (χ3v) is 2.56. The first kappa shape index (κ1) is 8.31. The molecule has 0 aliphatic heterocycles. The van der Waals surface area contributed by atoms with Gasteiger partial charge in [0.1, 0.15) is 5.82 Å². The average Bonchev–Trinajstić information content (AvgIpc) is 2.17. The van der Waals surface area contributed by atoms with Crippen LogP contribution in [-0.2, 0) is 0 Å². The molecular weight excluding hydrogens is 182 g/mol. The quantitative estimate of drug-likeness (QED) is 0.700. The number of hydrogen-bond donors (Lipinski definition) is 1. The Morgan fingerprint density at radius 2 is 2.23 bits per heavy atom. The van der Waals surface area contributed by atoms with Crippen molar-refractivity contribution in [2.24, 2.45) is 0 Å². The Morgan fingerprint density at radius 1 is 1.38 bits per heavy atom. The number of thioether (sulfide) groups is 1. The lowest BCUT2D eigenvalue weighted by atomic mass is 10.3. The second kappa shape index (κ2) is 3.22. The molecule has 0 fully saturated rings. The number of hydrogen-bond acceptors (Lipinski definition) is 4. The number of nitrogens with zero attached hydrogens (tertiary/aromatic N) is 2. The maximum absolute atomic E-state index is 5.74. The lowest BCUT2D eigenvalue weighted by Gasteiger charge is -2.02. The lowest BCUT2D eigenvalue weighted by Crippen LogP contribution is -1.94. The molecule has 2 heterocycles. The molecule has 3 nitrogen and oxygen atoms in total. The summed E-state index contributed by atoms with van der Waals surface area (Å²) in [5, 5.41) is 0. The Balaban J connectivity index is 2.74. The van der Waals surface area contributed by atoms with Gasteiger partial charge < -0.3 is 5.73 Å². The molecule has 0 atom stereocenters. The number of nitrogens with two attached hydrogens (primary N) is 1. The fourth-order valence-corrected chi connectivity index (χ4v) is 1.65. The van der Waals surface area contributed by atoms with Gasteiger partial charge in [0, 0.05) is 6.20 Å². The summed E-state index contributed by atoms with van der Waals surface area (Å²) >= 11 is 1.58. The molecule has 13 heavy (non-hydrogen) atoms. The topological polar surface area (TPSA) is 51.8 Å². The third-order valence-electron chi connectivity index (χ3n) is 1.80. The van der Waals surface area contributed by atoms with Crippen molar-refractivity contribution in [2.45, 2.75) is 4.90 Å². The summed E-state index contributed by atoms with van der Waals surface area (Å²) in [4.78, 5) is 9.42. The van der Waals surface area contributed by atoms with E-state index in [0.717, 1.165) is 15.9 Å². The maximum Gasteiger partial charge on any atom is 0.137 e. The van der Waals surface area contributed by atoms with Crippen molar-refractivity contribution in [1.29, 1.82) is 0 Å². The van der Waals surface area contributed by atoms with E-state index in [0.29, 0.717) is 5.82 Å². The first-order valence-electron chi connectivity index (χ1n) is 3.86. The summed E-state index contributed by atoms with van der Waals surface area (Å²) < 4.78 is 0. The molecule has 0 amide bonds. The van der Waals surface area contributed by atoms with E-state index < -0.39 is 0 Å². The second-order valence-electron chi connectivity index (χ2n) is 2.62. The molecule has 0 aliphatic carbocycles. The molecule has 2 N–H and O–H groups in total. The number of fused-ring (bicyclic) bond motifs is 1. The van der Waals surface area contributed by atoms with Gasteiger partial charge in [-0.25, -0.2) is 4.98 Å². The summed E-state index contributed by atoms with van der Waals surface area (Å²) in [5.41, 5.74) is 7.47. The highest BCUT2D eigenvalue weighted by Crippen LogP contribution is 2.23. The molecule has 66 valence electrons. The van der Waals surface area contributed by atoms with Crippen LogP contribution in [0.1, 0.15) is 0 Å². The van der Waals surface area contributed by atoms with E-state index in [-0.39, 0.29) is 0 Å². The predicted molar refractivity (Wildman–Crippen MR) is 55.7 cm³/mol. The number of aromatic nitrogens is 2. The summed E-state index contributed by atoms with van der Waals surface area (Å²) in [6.45, 7) is 0. The average molecular weight is 191 g/mol. The van der Waals surface area contributed by atoms with E-state index in [1.807, 2.05) is 24.5 Å². The van der Waals surface area contributed by atoms with Crippen molar-refractivity contribution < 1.29 is 0 Å². The molecule has 0 spiro atoms. The number of anilines is 1. The minimum absolute atomic E-state index is 0.577. The van der Waals surface area contributed by atoms with Crippen molar-refractivity contribution in [3.8, 4) is 0 Å². The molecule has 0 saturated carbocycles. The maximum atomic E-state index is 5.74. The zero-order valence-electron chi connectivity index (χ0n) is 7.19. The number of pyridine rings is 2. The van der Waals surface area contributed by atoms with E-state index in [2.05, 4.69) is 9.97 Å².